The molecule has 1 aromatic heterocycles. The average Bonchev–Trinajstić information content (AvgIpc) is 3.03. The number of nitriles is 2. The third-order valence-corrected chi connectivity index (χ3v) is 2.85. The Balaban J connectivity index is 2.06. The molecular formula is C15H14N6O. The molecule has 0 radical (unpaired) electrons. The zero-order valence-corrected chi connectivity index (χ0v) is 12.1. The first kappa shape index (κ1) is 15.2. The number of benzene rings is 1. The smallest absolute Gasteiger partial charge is 0.247 e. The molecule has 0 amide bonds. The fourth-order valence-corrected chi connectivity index (χ4v) is 1.68. The molecule has 7 heteroatoms. The molecule has 0 saturated carbocycles. The SMILES string of the molecule is CCCCc1nnc(-c2ccc(NN=C(C#N)C#N)cc2)o1. The van der Waals surface area contributed by atoms with Gasteiger partial charge in [0, 0.05) is 12.0 Å². The summed E-state index contributed by atoms with van der Waals surface area (Å²) in [5.41, 5.74) is 3.85. The Bertz CT molecular complexity index is 717. The molecule has 0 aliphatic rings. The van der Waals surface area contributed by atoms with E-state index in [4.69, 9.17) is 14.9 Å². The fourth-order valence-electron chi connectivity index (χ4n) is 1.68. The average molecular weight is 294 g/mol. The van der Waals surface area contributed by atoms with Gasteiger partial charge < -0.3 is 4.42 Å². The summed E-state index contributed by atoms with van der Waals surface area (Å²) in [6.45, 7) is 2.11. The van der Waals surface area contributed by atoms with Crippen LogP contribution in [0.2, 0.25) is 0 Å². The first-order valence-corrected chi connectivity index (χ1v) is 6.83. The van der Waals surface area contributed by atoms with Crippen molar-refractivity contribution >= 4 is 11.4 Å². The van der Waals surface area contributed by atoms with Crippen LogP contribution in [0.5, 0.6) is 0 Å². The summed E-state index contributed by atoms with van der Waals surface area (Å²) in [7, 11) is 0. The van der Waals surface area contributed by atoms with Gasteiger partial charge in [0.1, 0.15) is 12.1 Å². The van der Waals surface area contributed by atoms with Crippen molar-refractivity contribution in [2.24, 2.45) is 5.10 Å². The van der Waals surface area contributed by atoms with Crippen LogP contribution in [0.1, 0.15) is 25.7 Å². The molecule has 0 unspecified atom stereocenters. The molecule has 110 valence electrons. The second-order valence-electron chi connectivity index (χ2n) is 4.48. The van der Waals surface area contributed by atoms with Crippen molar-refractivity contribution < 1.29 is 4.42 Å². The van der Waals surface area contributed by atoms with E-state index in [1.54, 1.807) is 36.4 Å². The molecule has 2 rings (SSSR count). The van der Waals surface area contributed by atoms with E-state index in [1.807, 2.05) is 0 Å². The number of rotatable bonds is 6. The molecule has 7 nitrogen and oxygen atoms in total. The van der Waals surface area contributed by atoms with Crippen molar-refractivity contribution in [3.8, 4) is 23.6 Å². The number of hydrogen-bond donors (Lipinski definition) is 1. The minimum absolute atomic E-state index is 0.235. The van der Waals surface area contributed by atoms with E-state index in [1.165, 1.54) is 0 Å². The molecule has 0 saturated heterocycles. The third-order valence-electron chi connectivity index (χ3n) is 2.85. The van der Waals surface area contributed by atoms with E-state index in [0.717, 1.165) is 24.8 Å². The monoisotopic (exact) mass is 294 g/mol. The van der Waals surface area contributed by atoms with Gasteiger partial charge in [-0.2, -0.15) is 15.6 Å². The van der Waals surface area contributed by atoms with Gasteiger partial charge in [-0.3, -0.25) is 5.43 Å². The highest BCUT2D eigenvalue weighted by Gasteiger charge is 2.08. The third kappa shape index (κ3) is 3.90. The van der Waals surface area contributed by atoms with E-state index < -0.39 is 0 Å². The van der Waals surface area contributed by atoms with Gasteiger partial charge in [-0.05, 0) is 30.7 Å². The molecule has 1 aromatic carbocycles. The zero-order chi connectivity index (χ0) is 15.8. The van der Waals surface area contributed by atoms with Crippen molar-refractivity contribution in [1.82, 2.24) is 10.2 Å². The molecule has 0 atom stereocenters. The molecule has 22 heavy (non-hydrogen) atoms. The summed E-state index contributed by atoms with van der Waals surface area (Å²) < 4.78 is 5.59. The summed E-state index contributed by atoms with van der Waals surface area (Å²) >= 11 is 0. The number of nitrogens with one attached hydrogen (secondary N) is 1. The van der Waals surface area contributed by atoms with Gasteiger partial charge in [-0.25, -0.2) is 0 Å². The summed E-state index contributed by atoms with van der Waals surface area (Å²) in [6, 6.07) is 10.4. The Morgan fingerprint density at radius 3 is 2.59 bits per heavy atom. The van der Waals surface area contributed by atoms with Crippen LogP contribution in [0.15, 0.2) is 33.8 Å². The molecule has 0 aliphatic carbocycles. The molecule has 0 fully saturated rings. The van der Waals surface area contributed by atoms with Gasteiger partial charge in [-0.1, -0.05) is 13.3 Å². The minimum atomic E-state index is -0.235. The molecule has 0 aliphatic heterocycles. The Morgan fingerprint density at radius 2 is 1.95 bits per heavy atom. The Morgan fingerprint density at radius 1 is 1.23 bits per heavy atom. The lowest BCUT2D eigenvalue weighted by atomic mass is 10.2. The molecule has 0 spiro atoms. The van der Waals surface area contributed by atoms with Gasteiger partial charge in [-0.15, -0.1) is 10.2 Å². The standard InChI is InChI=1S/C15H14N6O/c1-2-3-4-14-20-21-15(22-14)11-5-7-12(8-6-11)18-19-13(9-16)10-17/h5-8,18H,2-4H2,1H3. The second-order valence-corrected chi connectivity index (χ2v) is 4.48. The molecule has 1 N–H and O–H groups in total. The Hall–Kier alpha value is -3.19. The summed E-state index contributed by atoms with van der Waals surface area (Å²) in [5, 5.41) is 28.9. The number of aryl methyl sites for hydroxylation is 1. The van der Waals surface area contributed by atoms with Gasteiger partial charge in [0.05, 0.1) is 5.69 Å². The predicted octanol–water partition coefficient (Wildman–Crippen LogP) is 2.89. The first-order chi connectivity index (χ1) is 10.8. The summed E-state index contributed by atoms with van der Waals surface area (Å²) in [5.74, 6) is 1.10. The van der Waals surface area contributed by atoms with Crippen LogP contribution in [-0.2, 0) is 6.42 Å². The quantitative estimate of drug-likeness (QED) is 0.647. The Labute approximate surface area is 127 Å². The van der Waals surface area contributed by atoms with Crippen molar-refractivity contribution in [2.45, 2.75) is 26.2 Å². The van der Waals surface area contributed by atoms with E-state index in [9.17, 15) is 0 Å². The van der Waals surface area contributed by atoms with Crippen LogP contribution in [0, 0.1) is 22.7 Å². The summed E-state index contributed by atoms with van der Waals surface area (Å²) in [6.07, 6.45) is 2.87. The van der Waals surface area contributed by atoms with Gasteiger partial charge in [0.25, 0.3) is 0 Å². The van der Waals surface area contributed by atoms with Crippen molar-refractivity contribution in [2.75, 3.05) is 5.43 Å². The van der Waals surface area contributed by atoms with E-state index in [0.29, 0.717) is 17.5 Å². The minimum Gasteiger partial charge on any atom is -0.421 e. The number of hydrazone groups is 1. The number of nitrogens with zero attached hydrogens (tertiary/aromatic N) is 5. The lowest BCUT2D eigenvalue weighted by Crippen LogP contribution is -1.96. The van der Waals surface area contributed by atoms with Crippen LogP contribution in [0.4, 0.5) is 5.69 Å². The van der Waals surface area contributed by atoms with Gasteiger partial charge >= 0.3 is 0 Å². The van der Waals surface area contributed by atoms with Gasteiger partial charge in [0.2, 0.25) is 17.5 Å². The normalized spacial score (nSPS) is 9.59. The zero-order valence-electron chi connectivity index (χ0n) is 12.1. The lowest BCUT2D eigenvalue weighted by molar-refractivity contribution is 0.496. The van der Waals surface area contributed by atoms with E-state index >= 15 is 0 Å². The number of anilines is 1. The van der Waals surface area contributed by atoms with E-state index in [-0.39, 0.29) is 5.71 Å². The van der Waals surface area contributed by atoms with Crippen molar-refractivity contribution in [3.05, 3.63) is 30.2 Å². The topological polar surface area (TPSA) is 111 Å². The van der Waals surface area contributed by atoms with Crippen molar-refractivity contribution in [1.29, 1.82) is 10.5 Å². The van der Waals surface area contributed by atoms with E-state index in [2.05, 4.69) is 27.6 Å². The molecule has 2 aromatic rings. The largest absolute Gasteiger partial charge is 0.421 e. The second kappa shape index (κ2) is 7.55. The van der Waals surface area contributed by atoms with Crippen LogP contribution < -0.4 is 5.43 Å². The van der Waals surface area contributed by atoms with Crippen molar-refractivity contribution in [3.63, 3.8) is 0 Å². The number of unbranched alkanes of at least 4 members (excludes halogenated alkanes) is 1. The van der Waals surface area contributed by atoms with Gasteiger partial charge in [0.15, 0.2) is 0 Å². The fraction of sp³-hybridized carbons (Fsp3) is 0.267. The number of hydrogen-bond acceptors (Lipinski definition) is 7. The summed E-state index contributed by atoms with van der Waals surface area (Å²) in [4.78, 5) is 0. The molecule has 0 bridgehead atoms. The van der Waals surface area contributed by atoms with Crippen LogP contribution in [-0.4, -0.2) is 15.9 Å². The molecular weight excluding hydrogens is 280 g/mol. The number of aromatic nitrogens is 2. The first-order valence-electron chi connectivity index (χ1n) is 6.83. The maximum absolute atomic E-state index is 8.59. The highest BCUT2D eigenvalue weighted by atomic mass is 16.4. The molecule has 1 heterocycles. The Kier molecular flexibility index (Phi) is 5.22. The highest BCUT2D eigenvalue weighted by molar-refractivity contribution is 6.10. The maximum Gasteiger partial charge on any atom is 0.247 e. The highest BCUT2D eigenvalue weighted by Crippen LogP contribution is 2.20. The van der Waals surface area contributed by atoms with Crippen LogP contribution in [0.3, 0.4) is 0 Å². The maximum atomic E-state index is 8.59. The van der Waals surface area contributed by atoms with Crippen LogP contribution >= 0.6 is 0 Å². The van der Waals surface area contributed by atoms with Crippen LogP contribution in [0.25, 0.3) is 11.5 Å². The lowest BCUT2D eigenvalue weighted by Gasteiger charge is -2.00. The predicted molar refractivity (Wildman–Crippen MR) is 80.6 cm³/mol.